The van der Waals surface area contributed by atoms with E-state index < -0.39 is 8.56 Å². The molecular formula is C15H35NO2Si. The zero-order valence-electron chi connectivity index (χ0n) is 13.5. The summed E-state index contributed by atoms with van der Waals surface area (Å²) in [7, 11) is -1.95. The van der Waals surface area contributed by atoms with Crippen molar-refractivity contribution in [3.8, 4) is 0 Å². The van der Waals surface area contributed by atoms with Crippen LogP contribution in [0.25, 0.3) is 0 Å². The van der Waals surface area contributed by atoms with Crippen LogP contribution in [-0.4, -0.2) is 28.3 Å². The van der Waals surface area contributed by atoms with Crippen LogP contribution in [0.5, 0.6) is 0 Å². The van der Waals surface area contributed by atoms with Gasteiger partial charge < -0.3 is 14.6 Å². The van der Waals surface area contributed by atoms with Crippen molar-refractivity contribution in [3.63, 3.8) is 0 Å². The van der Waals surface area contributed by atoms with Crippen molar-refractivity contribution in [3.05, 3.63) is 0 Å². The SMILES string of the molecule is CCO[Si](C)(OCC)C(C)CCCCCCCCN. The number of hydrogen-bond acceptors (Lipinski definition) is 3. The van der Waals surface area contributed by atoms with Crippen molar-refractivity contribution in [1.29, 1.82) is 0 Å². The van der Waals surface area contributed by atoms with Gasteiger partial charge in [0.25, 0.3) is 0 Å². The Balaban J connectivity index is 3.77. The average Bonchev–Trinajstić information content (AvgIpc) is 2.38. The molecule has 1 atom stereocenters. The second-order valence-electron chi connectivity index (χ2n) is 5.48. The first-order valence-corrected chi connectivity index (χ1v) is 10.5. The van der Waals surface area contributed by atoms with E-state index in [1.54, 1.807) is 0 Å². The number of nitrogens with two attached hydrogens (primary N) is 1. The molecule has 0 fully saturated rings. The largest absolute Gasteiger partial charge is 0.394 e. The van der Waals surface area contributed by atoms with Crippen LogP contribution in [0.3, 0.4) is 0 Å². The topological polar surface area (TPSA) is 44.5 Å². The van der Waals surface area contributed by atoms with E-state index in [0.717, 1.165) is 19.8 Å². The fourth-order valence-corrected chi connectivity index (χ4v) is 4.99. The highest BCUT2D eigenvalue weighted by atomic mass is 28.4. The third kappa shape index (κ3) is 8.79. The Morgan fingerprint density at radius 3 is 1.84 bits per heavy atom. The quantitative estimate of drug-likeness (QED) is 0.408. The molecular weight excluding hydrogens is 254 g/mol. The number of rotatable bonds is 13. The molecule has 116 valence electrons. The molecule has 0 rings (SSSR count). The van der Waals surface area contributed by atoms with Gasteiger partial charge in [-0.15, -0.1) is 0 Å². The van der Waals surface area contributed by atoms with Crippen LogP contribution < -0.4 is 5.73 Å². The van der Waals surface area contributed by atoms with Crippen molar-refractivity contribution in [2.24, 2.45) is 5.73 Å². The van der Waals surface area contributed by atoms with Crippen LogP contribution in [0.1, 0.15) is 65.7 Å². The van der Waals surface area contributed by atoms with Gasteiger partial charge in [0.15, 0.2) is 0 Å². The molecule has 0 aliphatic rings. The summed E-state index contributed by atoms with van der Waals surface area (Å²) in [6, 6.07) is 0. The van der Waals surface area contributed by atoms with E-state index in [2.05, 4.69) is 27.3 Å². The lowest BCUT2D eigenvalue weighted by molar-refractivity contribution is 0.178. The van der Waals surface area contributed by atoms with Crippen LogP contribution in [0, 0.1) is 0 Å². The molecule has 0 saturated carbocycles. The maximum absolute atomic E-state index is 5.94. The Hall–Kier alpha value is 0.0969. The van der Waals surface area contributed by atoms with Crippen molar-refractivity contribution >= 4 is 8.56 Å². The van der Waals surface area contributed by atoms with Gasteiger partial charge in [0.05, 0.1) is 0 Å². The van der Waals surface area contributed by atoms with Crippen LogP contribution in [0.15, 0.2) is 0 Å². The third-order valence-electron chi connectivity index (χ3n) is 3.85. The lowest BCUT2D eigenvalue weighted by atomic mass is 10.1. The van der Waals surface area contributed by atoms with Crippen molar-refractivity contribution in [1.82, 2.24) is 0 Å². The molecule has 0 aromatic heterocycles. The normalized spacial score (nSPS) is 13.7. The molecule has 0 aromatic rings. The highest BCUT2D eigenvalue weighted by Crippen LogP contribution is 2.29. The molecule has 19 heavy (non-hydrogen) atoms. The Morgan fingerprint density at radius 2 is 1.37 bits per heavy atom. The Labute approximate surface area is 121 Å². The molecule has 4 heteroatoms. The van der Waals surface area contributed by atoms with E-state index in [4.69, 9.17) is 14.6 Å². The van der Waals surface area contributed by atoms with Crippen molar-refractivity contribution in [2.45, 2.75) is 77.8 Å². The third-order valence-corrected chi connectivity index (χ3v) is 7.65. The number of hydrogen-bond donors (Lipinski definition) is 1. The van der Waals surface area contributed by atoms with Crippen molar-refractivity contribution in [2.75, 3.05) is 19.8 Å². The van der Waals surface area contributed by atoms with Gasteiger partial charge in [-0.2, -0.15) is 0 Å². The minimum Gasteiger partial charge on any atom is -0.394 e. The summed E-state index contributed by atoms with van der Waals surface area (Å²) in [5, 5.41) is 0. The van der Waals surface area contributed by atoms with Crippen LogP contribution in [0.4, 0.5) is 0 Å². The van der Waals surface area contributed by atoms with E-state index in [0.29, 0.717) is 5.54 Å². The summed E-state index contributed by atoms with van der Waals surface area (Å²) < 4.78 is 11.9. The highest BCUT2D eigenvalue weighted by Gasteiger charge is 2.37. The molecule has 1 unspecified atom stereocenters. The molecule has 0 aliphatic carbocycles. The molecule has 0 bridgehead atoms. The van der Waals surface area contributed by atoms with Gasteiger partial charge in [0.2, 0.25) is 0 Å². The van der Waals surface area contributed by atoms with Crippen LogP contribution >= 0.6 is 0 Å². The van der Waals surface area contributed by atoms with E-state index >= 15 is 0 Å². The van der Waals surface area contributed by atoms with Gasteiger partial charge >= 0.3 is 8.56 Å². The summed E-state index contributed by atoms with van der Waals surface area (Å²) in [5.74, 6) is 0. The Kier molecular flexibility index (Phi) is 11.9. The number of unbranched alkanes of at least 4 members (excludes halogenated alkanes) is 5. The van der Waals surface area contributed by atoms with E-state index in [1.165, 1.54) is 44.9 Å². The van der Waals surface area contributed by atoms with Gasteiger partial charge in [0, 0.05) is 13.2 Å². The Morgan fingerprint density at radius 1 is 0.895 bits per heavy atom. The maximum Gasteiger partial charge on any atom is 0.337 e. The minimum absolute atomic E-state index is 0.580. The Bertz CT molecular complexity index is 197. The zero-order chi connectivity index (χ0) is 14.6. The summed E-state index contributed by atoms with van der Waals surface area (Å²) in [6.07, 6.45) is 9.00. The van der Waals surface area contributed by atoms with Crippen molar-refractivity contribution < 1.29 is 8.85 Å². The zero-order valence-corrected chi connectivity index (χ0v) is 14.5. The average molecular weight is 290 g/mol. The highest BCUT2D eigenvalue weighted by molar-refractivity contribution is 6.67. The second kappa shape index (κ2) is 11.9. The molecule has 0 heterocycles. The van der Waals surface area contributed by atoms with Gasteiger partial charge in [-0.1, -0.05) is 39.0 Å². The molecule has 0 radical (unpaired) electrons. The first kappa shape index (κ1) is 19.1. The van der Waals surface area contributed by atoms with Gasteiger partial charge in [-0.3, -0.25) is 0 Å². The van der Waals surface area contributed by atoms with E-state index in [-0.39, 0.29) is 0 Å². The van der Waals surface area contributed by atoms with E-state index in [1.807, 2.05) is 0 Å². The van der Waals surface area contributed by atoms with E-state index in [9.17, 15) is 0 Å². The van der Waals surface area contributed by atoms with Crippen LogP contribution in [-0.2, 0) is 8.85 Å². The molecule has 2 N–H and O–H groups in total. The standard InChI is InChI=1S/C15H35NO2Si/c1-5-17-19(4,18-6-2)15(3)13-11-9-7-8-10-12-14-16/h15H,5-14,16H2,1-4H3. The lowest BCUT2D eigenvalue weighted by Crippen LogP contribution is -2.43. The van der Waals surface area contributed by atoms with Gasteiger partial charge in [-0.05, 0) is 45.3 Å². The van der Waals surface area contributed by atoms with Gasteiger partial charge in [-0.25, -0.2) is 0 Å². The van der Waals surface area contributed by atoms with Gasteiger partial charge in [0.1, 0.15) is 0 Å². The smallest absolute Gasteiger partial charge is 0.337 e. The predicted molar refractivity (Wildman–Crippen MR) is 85.7 cm³/mol. The van der Waals surface area contributed by atoms with Crippen LogP contribution in [0.2, 0.25) is 12.1 Å². The fraction of sp³-hybridized carbons (Fsp3) is 1.00. The second-order valence-corrected chi connectivity index (χ2v) is 9.08. The maximum atomic E-state index is 5.94. The first-order chi connectivity index (χ1) is 9.10. The molecule has 0 spiro atoms. The molecule has 3 nitrogen and oxygen atoms in total. The molecule has 0 saturated heterocycles. The molecule has 0 aliphatic heterocycles. The summed E-state index contributed by atoms with van der Waals surface area (Å²) in [4.78, 5) is 0. The predicted octanol–water partition coefficient (Wildman–Crippen LogP) is 4.21. The summed E-state index contributed by atoms with van der Waals surface area (Å²) in [6.45, 7) is 11.0. The minimum atomic E-state index is -1.95. The fourth-order valence-electron chi connectivity index (χ4n) is 2.46. The molecule has 0 amide bonds. The monoisotopic (exact) mass is 289 g/mol. The molecule has 0 aromatic carbocycles. The lowest BCUT2D eigenvalue weighted by Gasteiger charge is -2.31. The first-order valence-electron chi connectivity index (χ1n) is 8.08. The summed E-state index contributed by atoms with van der Waals surface area (Å²) in [5.41, 5.74) is 6.07. The summed E-state index contributed by atoms with van der Waals surface area (Å²) >= 11 is 0.